The van der Waals surface area contributed by atoms with Crippen molar-refractivity contribution in [3.8, 4) is 0 Å². The van der Waals surface area contributed by atoms with Gasteiger partial charge < -0.3 is 9.59 Å². The summed E-state index contributed by atoms with van der Waals surface area (Å²) in [6, 6.07) is 0. The summed E-state index contributed by atoms with van der Waals surface area (Å²) in [4.78, 5) is 20.9. The van der Waals surface area contributed by atoms with Gasteiger partial charge in [0.05, 0.1) is 0 Å². The Hall–Kier alpha value is -0.660. The molecule has 0 bridgehead atoms. The topological polar surface area (TPSA) is 34.1 Å². The SMILES string of the molecule is CC(=O)C[C@H](C)C[C@H](C)C=O. The van der Waals surface area contributed by atoms with E-state index in [1.54, 1.807) is 6.92 Å². The van der Waals surface area contributed by atoms with E-state index < -0.39 is 0 Å². The lowest BCUT2D eigenvalue weighted by Gasteiger charge is -2.10. The molecule has 2 heteroatoms. The molecular weight excluding hydrogens is 140 g/mol. The molecule has 0 aliphatic carbocycles. The first-order valence-electron chi connectivity index (χ1n) is 4.01. The standard InChI is InChI=1S/C9H16O2/c1-7(5-9(3)11)4-8(2)6-10/h6-8H,4-5H2,1-3H3/t7-,8+/m1/s1. The van der Waals surface area contributed by atoms with E-state index in [1.807, 2.05) is 13.8 Å². The number of Topliss-reactive ketones (excluding diaryl/α,β-unsaturated/α-hetero) is 1. The molecule has 0 amide bonds. The summed E-state index contributed by atoms with van der Waals surface area (Å²) in [5, 5.41) is 0. The highest BCUT2D eigenvalue weighted by Crippen LogP contribution is 2.13. The first-order chi connectivity index (χ1) is 5.06. The largest absolute Gasteiger partial charge is 0.303 e. The van der Waals surface area contributed by atoms with Gasteiger partial charge in [-0.3, -0.25) is 0 Å². The second kappa shape index (κ2) is 5.05. The van der Waals surface area contributed by atoms with Crippen LogP contribution in [-0.2, 0) is 9.59 Å². The summed E-state index contributed by atoms with van der Waals surface area (Å²) in [7, 11) is 0. The van der Waals surface area contributed by atoms with Crippen LogP contribution in [0.1, 0.15) is 33.6 Å². The minimum atomic E-state index is 0.0874. The van der Waals surface area contributed by atoms with Gasteiger partial charge in [-0.15, -0.1) is 0 Å². The van der Waals surface area contributed by atoms with Crippen molar-refractivity contribution in [2.75, 3.05) is 0 Å². The van der Waals surface area contributed by atoms with Crippen molar-refractivity contribution in [2.45, 2.75) is 33.6 Å². The molecule has 0 aromatic rings. The highest BCUT2D eigenvalue weighted by atomic mass is 16.1. The lowest BCUT2D eigenvalue weighted by molar-refractivity contribution is -0.118. The van der Waals surface area contributed by atoms with Gasteiger partial charge in [0.25, 0.3) is 0 Å². The third-order valence-electron chi connectivity index (χ3n) is 1.64. The van der Waals surface area contributed by atoms with Crippen LogP contribution in [0.3, 0.4) is 0 Å². The zero-order valence-corrected chi connectivity index (χ0v) is 7.46. The van der Waals surface area contributed by atoms with Crippen LogP contribution in [-0.4, -0.2) is 12.1 Å². The van der Waals surface area contributed by atoms with E-state index in [0.717, 1.165) is 12.7 Å². The summed E-state index contributed by atoms with van der Waals surface area (Å²) >= 11 is 0. The average molecular weight is 156 g/mol. The number of hydrogen-bond acceptors (Lipinski definition) is 2. The highest BCUT2D eigenvalue weighted by molar-refractivity contribution is 5.75. The van der Waals surface area contributed by atoms with Crippen LogP contribution in [0.5, 0.6) is 0 Å². The molecule has 0 aromatic heterocycles. The van der Waals surface area contributed by atoms with Gasteiger partial charge in [-0.25, -0.2) is 0 Å². The van der Waals surface area contributed by atoms with Gasteiger partial charge >= 0.3 is 0 Å². The van der Waals surface area contributed by atoms with E-state index in [2.05, 4.69) is 0 Å². The van der Waals surface area contributed by atoms with Gasteiger partial charge in [-0.2, -0.15) is 0 Å². The van der Waals surface area contributed by atoms with Crippen molar-refractivity contribution in [3.63, 3.8) is 0 Å². The molecule has 0 N–H and O–H groups in total. The molecule has 11 heavy (non-hydrogen) atoms. The van der Waals surface area contributed by atoms with E-state index >= 15 is 0 Å². The van der Waals surface area contributed by atoms with E-state index in [-0.39, 0.29) is 11.7 Å². The van der Waals surface area contributed by atoms with Crippen molar-refractivity contribution in [1.82, 2.24) is 0 Å². The zero-order chi connectivity index (χ0) is 8.85. The Bertz CT molecular complexity index is 140. The molecule has 0 aliphatic rings. The number of ketones is 1. The molecule has 0 saturated carbocycles. The number of carbonyl (C=O) groups is 2. The fourth-order valence-electron chi connectivity index (χ4n) is 1.26. The molecule has 0 fully saturated rings. The zero-order valence-electron chi connectivity index (χ0n) is 7.46. The maximum atomic E-state index is 10.6. The molecule has 2 nitrogen and oxygen atoms in total. The van der Waals surface area contributed by atoms with Crippen molar-refractivity contribution in [1.29, 1.82) is 0 Å². The van der Waals surface area contributed by atoms with Crippen LogP contribution in [0, 0.1) is 11.8 Å². The Labute approximate surface area is 68.0 Å². The van der Waals surface area contributed by atoms with Gasteiger partial charge in [0, 0.05) is 12.3 Å². The van der Waals surface area contributed by atoms with Crippen LogP contribution in [0.4, 0.5) is 0 Å². The molecule has 0 aliphatic heterocycles. The molecule has 0 unspecified atom stereocenters. The molecule has 0 rings (SSSR count). The number of carbonyl (C=O) groups excluding carboxylic acids is 2. The Balaban J connectivity index is 3.59. The maximum Gasteiger partial charge on any atom is 0.130 e. The lowest BCUT2D eigenvalue weighted by Crippen LogP contribution is -2.07. The number of rotatable bonds is 5. The van der Waals surface area contributed by atoms with Crippen molar-refractivity contribution in [2.24, 2.45) is 11.8 Å². The van der Waals surface area contributed by atoms with Crippen molar-refractivity contribution >= 4 is 12.1 Å². The van der Waals surface area contributed by atoms with Crippen molar-refractivity contribution < 1.29 is 9.59 Å². The van der Waals surface area contributed by atoms with Crippen LogP contribution >= 0.6 is 0 Å². The highest BCUT2D eigenvalue weighted by Gasteiger charge is 2.09. The van der Waals surface area contributed by atoms with Crippen LogP contribution in [0.15, 0.2) is 0 Å². The normalized spacial score (nSPS) is 15.5. The van der Waals surface area contributed by atoms with E-state index in [1.165, 1.54) is 0 Å². The lowest BCUT2D eigenvalue weighted by atomic mass is 9.94. The van der Waals surface area contributed by atoms with Crippen LogP contribution in [0.25, 0.3) is 0 Å². The molecule has 2 atom stereocenters. The second-order valence-electron chi connectivity index (χ2n) is 3.36. The fourth-order valence-corrected chi connectivity index (χ4v) is 1.26. The molecule has 0 aromatic carbocycles. The molecular formula is C9H16O2. The van der Waals surface area contributed by atoms with Gasteiger partial charge in [0.1, 0.15) is 12.1 Å². The summed E-state index contributed by atoms with van der Waals surface area (Å²) in [6.45, 7) is 5.47. The third-order valence-corrected chi connectivity index (χ3v) is 1.64. The Morgan fingerprint density at radius 1 is 1.45 bits per heavy atom. The first kappa shape index (κ1) is 10.3. The molecule has 0 spiro atoms. The average Bonchev–Trinajstić information content (AvgIpc) is 1.85. The number of aldehydes is 1. The number of hydrogen-bond donors (Lipinski definition) is 0. The molecule has 0 radical (unpaired) electrons. The second-order valence-corrected chi connectivity index (χ2v) is 3.36. The van der Waals surface area contributed by atoms with E-state index in [4.69, 9.17) is 0 Å². The summed E-state index contributed by atoms with van der Waals surface area (Å²) in [5.41, 5.74) is 0. The fraction of sp³-hybridized carbons (Fsp3) is 0.778. The monoisotopic (exact) mass is 156 g/mol. The van der Waals surface area contributed by atoms with Gasteiger partial charge in [0.15, 0.2) is 0 Å². The van der Waals surface area contributed by atoms with Crippen LogP contribution in [0.2, 0.25) is 0 Å². The van der Waals surface area contributed by atoms with Crippen molar-refractivity contribution in [3.05, 3.63) is 0 Å². The summed E-state index contributed by atoms with van der Waals surface area (Å²) in [6.07, 6.45) is 2.36. The Morgan fingerprint density at radius 3 is 2.36 bits per heavy atom. The Morgan fingerprint density at radius 2 is 2.00 bits per heavy atom. The van der Waals surface area contributed by atoms with Crippen LogP contribution < -0.4 is 0 Å². The molecule has 0 saturated heterocycles. The molecule has 0 heterocycles. The van der Waals surface area contributed by atoms with E-state index in [9.17, 15) is 9.59 Å². The minimum Gasteiger partial charge on any atom is -0.303 e. The quantitative estimate of drug-likeness (QED) is 0.569. The summed E-state index contributed by atoms with van der Waals surface area (Å²) < 4.78 is 0. The van der Waals surface area contributed by atoms with E-state index in [0.29, 0.717) is 12.3 Å². The third kappa shape index (κ3) is 5.77. The Kier molecular flexibility index (Phi) is 4.75. The maximum absolute atomic E-state index is 10.6. The predicted octanol–water partition coefficient (Wildman–Crippen LogP) is 1.83. The van der Waals surface area contributed by atoms with Gasteiger partial charge in [-0.05, 0) is 19.3 Å². The van der Waals surface area contributed by atoms with Gasteiger partial charge in [-0.1, -0.05) is 13.8 Å². The minimum absolute atomic E-state index is 0.0874. The summed E-state index contributed by atoms with van der Waals surface area (Å²) in [5.74, 6) is 0.632. The first-order valence-corrected chi connectivity index (χ1v) is 4.01. The predicted molar refractivity (Wildman–Crippen MR) is 44.3 cm³/mol. The smallest absolute Gasteiger partial charge is 0.130 e. The van der Waals surface area contributed by atoms with Gasteiger partial charge in [0.2, 0.25) is 0 Å². The molecule has 64 valence electrons.